The average Bonchev–Trinajstić information content (AvgIpc) is 3.17. The lowest BCUT2D eigenvalue weighted by molar-refractivity contribution is 0.363. The molecule has 27 heavy (non-hydrogen) atoms. The van der Waals surface area contributed by atoms with Crippen LogP contribution >= 0.6 is 23.4 Å². The van der Waals surface area contributed by atoms with E-state index >= 15 is 0 Å². The Morgan fingerprint density at radius 2 is 2.22 bits per heavy atom. The number of nitrogens with zero attached hydrogens (tertiary/aromatic N) is 5. The molecule has 7 nitrogen and oxygen atoms in total. The molecular formula is C18H14ClN5O2S. The lowest BCUT2D eigenvalue weighted by Gasteiger charge is -2.14. The lowest BCUT2D eigenvalue weighted by Crippen LogP contribution is -2.23. The Kier molecular flexibility index (Phi) is 4.59. The van der Waals surface area contributed by atoms with Gasteiger partial charge in [0.1, 0.15) is 22.8 Å². The molecule has 0 fully saturated rings. The van der Waals surface area contributed by atoms with E-state index in [2.05, 4.69) is 21.5 Å². The largest absolute Gasteiger partial charge is 0.488 e. The summed E-state index contributed by atoms with van der Waals surface area (Å²) < 4.78 is 8.76. The molecule has 0 aliphatic heterocycles. The minimum Gasteiger partial charge on any atom is -0.488 e. The van der Waals surface area contributed by atoms with Crippen LogP contribution in [0.1, 0.15) is 0 Å². The number of aromatic nitrogens is 5. The first-order valence-electron chi connectivity index (χ1n) is 7.97. The Hall–Kier alpha value is -2.84. The van der Waals surface area contributed by atoms with Gasteiger partial charge in [-0.1, -0.05) is 42.1 Å². The minimum absolute atomic E-state index is 0.305. The van der Waals surface area contributed by atoms with E-state index in [1.54, 1.807) is 41.1 Å². The van der Waals surface area contributed by atoms with Gasteiger partial charge < -0.3 is 4.74 Å². The molecule has 0 aliphatic carbocycles. The van der Waals surface area contributed by atoms with Gasteiger partial charge in [-0.3, -0.25) is 9.20 Å². The van der Waals surface area contributed by atoms with E-state index in [-0.39, 0.29) is 5.56 Å². The third-order valence-corrected chi connectivity index (χ3v) is 4.89. The van der Waals surface area contributed by atoms with E-state index in [9.17, 15) is 4.79 Å². The summed E-state index contributed by atoms with van der Waals surface area (Å²) >= 11 is 7.93. The summed E-state index contributed by atoms with van der Waals surface area (Å²) in [5.74, 6) is 0.862. The van der Waals surface area contributed by atoms with Crippen LogP contribution in [0.3, 0.4) is 0 Å². The molecule has 0 spiro atoms. The number of rotatable bonds is 5. The molecule has 4 rings (SSSR count). The highest BCUT2D eigenvalue weighted by molar-refractivity contribution is 7.98. The number of hydrogen-bond donors (Lipinski definition) is 0. The van der Waals surface area contributed by atoms with Crippen LogP contribution in [0, 0.1) is 0 Å². The molecule has 0 radical (unpaired) electrons. The van der Waals surface area contributed by atoms with Crippen molar-refractivity contribution in [1.82, 2.24) is 23.9 Å². The maximum Gasteiger partial charge on any atom is 0.270 e. The molecule has 4 aromatic rings. The van der Waals surface area contributed by atoms with Gasteiger partial charge in [0.25, 0.3) is 5.56 Å². The van der Waals surface area contributed by atoms with Crippen LogP contribution in [-0.4, -0.2) is 36.8 Å². The van der Waals surface area contributed by atoms with Gasteiger partial charge >= 0.3 is 0 Å². The second-order valence-corrected chi connectivity index (χ2v) is 6.67. The molecule has 136 valence electrons. The van der Waals surface area contributed by atoms with Crippen molar-refractivity contribution in [1.29, 1.82) is 0 Å². The third-order valence-electron chi connectivity index (χ3n) is 3.95. The van der Waals surface area contributed by atoms with Crippen molar-refractivity contribution in [2.75, 3.05) is 12.9 Å². The highest BCUT2D eigenvalue weighted by Gasteiger charge is 2.18. The van der Waals surface area contributed by atoms with E-state index < -0.39 is 0 Å². The van der Waals surface area contributed by atoms with Crippen molar-refractivity contribution >= 4 is 40.2 Å². The molecule has 1 aromatic carbocycles. The van der Waals surface area contributed by atoms with Gasteiger partial charge in [-0.2, -0.15) is 0 Å². The van der Waals surface area contributed by atoms with Crippen molar-refractivity contribution in [3.05, 3.63) is 64.8 Å². The number of halogens is 1. The Balaban J connectivity index is 2.05. The topological polar surface area (TPSA) is 74.3 Å². The molecule has 0 bridgehead atoms. The van der Waals surface area contributed by atoms with E-state index in [1.165, 1.54) is 22.5 Å². The van der Waals surface area contributed by atoms with E-state index in [1.807, 2.05) is 6.26 Å². The van der Waals surface area contributed by atoms with Crippen LogP contribution in [0.25, 0.3) is 22.5 Å². The highest BCUT2D eigenvalue weighted by Crippen LogP contribution is 2.31. The normalized spacial score (nSPS) is 11.2. The SMILES string of the molecule is C=CCOc1cccc(-n2c(=O)c3cnc(SC)nc3n3ccnc23)c1Cl. The predicted molar refractivity (Wildman–Crippen MR) is 106 cm³/mol. The highest BCUT2D eigenvalue weighted by atomic mass is 35.5. The predicted octanol–water partition coefficient (Wildman–Crippen LogP) is 3.37. The van der Waals surface area contributed by atoms with Crippen molar-refractivity contribution in [2.45, 2.75) is 5.16 Å². The molecule has 0 unspecified atom stereocenters. The first-order chi connectivity index (χ1) is 13.2. The van der Waals surface area contributed by atoms with E-state index in [0.29, 0.717) is 45.0 Å². The first-order valence-corrected chi connectivity index (χ1v) is 9.57. The molecule has 0 atom stereocenters. The fourth-order valence-corrected chi connectivity index (χ4v) is 3.38. The van der Waals surface area contributed by atoms with E-state index in [4.69, 9.17) is 16.3 Å². The monoisotopic (exact) mass is 399 g/mol. The molecule has 0 aliphatic rings. The maximum atomic E-state index is 13.2. The van der Waals surface area contributed by atoms with Crippen LogP contribution in [0.15, 0.2) is 59.4 Å². The van der Waals surface area contributed by atoms with Gasteiger partial charge in [0.2, 0.25) is 5.78 Å². The Morgan fingerprint density at radius 1 is 1.37 bits per heavy atom. The minimum atomic E-state index is -0.306. The van der Waals surface area contributed by atoms with E-state index in [0.717, 1.165) is 0 Å². The van der Waals surface area contributed by atoms with Gasteiger partial charge in [0.15, 0.2) is 10.8 Å². The average molecular weight is 400 g/mol. The molecule has 9 heteroatoms. The standard InChI is InChI=1S/C18H14ClN5O2S/c1-3-9-26-13-6-4-5-12(14(13)19)24-16(25)11-10-21-17(27-2)22-15(11)23-8-7-20-18(23)24/h3-8,10H,1,9H2,2H3. The number of imidazole rings is 1. The van der Waals surface area contributed by atoms with Crippen LogP contribution in [-0.2, 0) is 0 Å². The fraction of sp³-hybridized carbons (Fsp3) is 0.111. The second kappa shape index (κ2) is 7.05. The molecule has 0 amide bonds. The summed E-state index contributed by atoms with van der Waals surface area (Å²) in [7, 11) is 0. The Morgan fingerprint density at radius 3 is 3.00 bits per heavy atom. The van der Waals surface area contributed by atoms with Gasteiger partial charge in [-0.25, -0.2) is 19.5 Å². The third kappa shape index (κ3) is 2.87. The van der Waals surface area contributed by atoms with Crippen LogP contribution < -0.4 is 10.3 Å². The van der Waals surface area contributed by atoms with Gasteiger partial charge in [0, 0.05) is 18.6 Å². The maximum absolute atomic E-state index is 13.2. The zero-order valence-corrected chi connectivity index (χ0v) is 15.9. The summed E-state index contributed by atoms with van der Waals surface area (Å²) in [6, 6.07) is 5.24. The number of thioether (sulfide) groups is 1. The summed E-state index contributed by atoms with van der Waals surface area (Å²) in [4.78, 5) is 26.3. The molecule has 3 aromatic heterocycles. The number of hydrogen-bond acceptors (Lipinski definition) is 6. The van der Waals surface area contributed by atoms with Crippen LogP contribution in [0.5, 0.6) is 5.75 Å². The number of fused-ring (bicyclic) bond motifs is 3. The number of benzene rings is 1. The van der Waals surface area contributed by atoms with Crippen molar-refractivity contribution in [2.24, 2.45) is 0 Å². The zero-order chi connectivity index (χ0) is 19.0. The molecular weight excluding hydrogens is 386 g/mol. The van der Waals surface area contributed by atoms with Gasteiger partial charge in [0.05, 0.1) is 5.69 Å². The van der Waals surface area contributed by atoms with Crippen molar-refractivity contribution < 1.29 is 4.74 Å². The lowest BCUT2D eigenvalue weighted by atomic mass is 10.2. The summed E-state index contributed by atoms with van der Waals surface area (Å²) in [6.07, 6.45) is 8.38. The van der Waals surface area contributed by atoms with Crippen LogP contribution in [0.2, 0.25) is 5.02 Å². The smallest absolute Gasteiger partial charge is 0.270 e. The quantitative estimate of drug-likeness (QED) is 0.291. The molecule has 0 saturated carbocycles. The zero-order valence-electron chi connectivity index (χ0n) is 14.3. The van der Waals surface area contributed by atoms with Gasteiger partial charge in [-0.05, 0) is 18.4 Å². The fourth-order valence-electron chi connectivity index (χ4n) is 2.78. The number of ether oxygens (including phenoxy) is 1. The summed E-state index contributed by atoms with van der Waals surface area (Å²) in [5.41, 5.74) is 0.660. The van der Waals surface area contributed by atoms with Gasteiger partial charge in [-0.15, -0.1) is 0 Å². The summed E-state index contributed by atoms with van der Waals surface area (Å²) in [6.45, 7) is 3.94. The summed E-state index contributed by atoms with van der Waals surface area (Å²) in [5, 5.41) is 1.26. The first kappa shape index (κ1) is 17.6. The Bertz CT molecular complexity index is 1230. The second-order valence-electron chi connectivity index (χ2n) is 5.52. The molecule has 0 saturated heterocycles. The van der Waals surface area contributed by atoms with Crippen LogP contribution in [0.4, 0.5) is 0 Å². The Labute approximate surface area is 163 Å². The molecule has 3 heterocycles. The van der Waals surface area contributed by atoms with Crippen molar-refractivity contribution in [3.63, 3.8) is 0 Å². The van der Waals surface area contributed by atoms with Crippen molar-refractivity contribution in [3.8, 4) is 11.4 Å². The molecule has 0 N–H and O–H groups in total.